The van der Waals surface area contributed by atoms with Crippen LogP contribution in [0, 0.1) is 0 Å². The van der Waals surface area contributed by atoms with Crippen LogP contribution in [0.2, 0.25) is 0 Å². The molecule has 0 amide bonds. The number of hydrogen-bond acceptors (Lipinski definition) is 6. The van der Waals surface area contributed by atoms with Gasteiger partial charge in [-0.25, -0.2) is 13.2 Å². The van der Waals surface area contributed by atoms with Crippen LogP contribution in [0.25, 0.3) is 0 Å². The van der Waals surface area contributed by atoms with Crippen LogP contribution in [0.3, 0.4) is 0 Å². The first-order valence-electron chi connectivity index (χ1n) is 5.82. The van der Waals surface area contributed by atoms with Gasteiger partial charge in [0.2, 0.25) is 0 Å². The fourth-order valence-corrected chi connectivity index (χ4v) is 2.41. The van der Waals surface area contributed by atoms with Crippen LogP contribution >= 0.6 is 0 Å². The Morgan fingerprint density at radius 3 is 2.90 bits per heavy atom. The Morgan fingerprint density at radius 1 is 1.43 bits per heavy atom. The number of carbonyl (C=O) groups excluding carboxylic acids is 1. The molecule has 1 aromatic carbocycles. The fourth-order valence-electron chi connectivity index (χ4n) is 1.45. The van der Waals surface area contributed by atoms with Gasteiger partial charge in [-0.3, -0.25) is 9.82 Å². The van der Waals surface area contributed by atoms with Crippen LogP contribution in [0.4, 0.5) is 5.69 Å². The Kier molecular flexibility index (Phi) is 4.43. The van der Waals surface area contributed by atoms with Gasteiger partial charge in [0.05, 0.1) is 19.0 Å². The smallest absolute Gasteiger partial charge is 0.343 e. The first kappa shape index (κ1) is 14.9. The standard InChI is InChI=1S/C12H13N3O5S/c1-19-12(16)8-20-10-4-2-3-9(5-10)15-21(17,18)11-6-13-14-7-11/h2-7,15H,8H2,1H3,(H,13,14). The molecule has 8 nitrogen and oxygen atoms in total. The van der Waals surface area contributed by atoms with E-state index >= 15 is 0 Å². The Hall–Kier alpha value is -2.55. The molecule has 1 heterocycles. The number of nitrogens with one attached hydrogen (secondary N) is 2. The zero-order chi connectivity index (χ0) is 15.3. The highest BCUT2D eigenvalue weighted by atomic mass is 32.2. The van der Waals surface area contributed by atoms with Crippen molar-refractivity contribution >= 4 is 21.7 Å². The summed E-state index contributed by atoms with van der Waals surface area (Å²) in [7, 11) is -2.46. The molecule has 0 aliphatic heterocycles. The van der Waals surface area contributed by atoms with Gasteiger partial charge in [-0.15, -0.1) is 0 Å². The highest BCUT2D eigenvalue weighted by Gasteiger charge is 2.15. The highest BCUT2D eigenvalue weighted by molar-refractivity contribution is 7.92. The average molecular weight is 311 g/mol. The number of aromatic amines is 1. The molecule has 1 aromatic heterocycles. The molecule has 0 fully saturated rings. The van der Waals surface area contributed by atoms with Crippen molar-refractivity contribution in [3.05, 3.63) is 36.7 Å². The lowest BCUT2D eigenvalue weighted by Crippen LogP contribution is -2.14. The van der Waals surface area contributed by atoms with Crippen LogP contribution in [-0.2, 0) is 19.6 Å². The number of carbonyl (C=O) groups is 1. The number of benzene rings is 1. The molecule has 0 radical (unpaired) electrons. The molecule has 21 heavy (non-hydrogen) atoms. The van der Waals surface area contributed by atoms with Gasteiger partial charge >= 0.3 is 5.97 Å². The molecule has 112 valence electrons. The number of sulfonamides is 1. The Labute approximate surface area is 121 Å². The minimum atomic E-state index is -3.71. The Morgan fingerprint density at radius 2 is 2.24 bits per heavy atom. The quantitative estimate of drug-likeness (QED) is 0.762. The molecule has 0 spiro atoms. The maximum Gasteiger partial charge on any atom is 0.343 e. The van der Waals surface area contributed by atoms with Crippen molar-refractivity contribution in [3.63, 3.8) is 0 Å². The Bertz CT molecular complexity index is 712. The maximum atomic E-state index is 12.0. The number of hydrogen-bond donors (Lipinski definition) is 2. The number of aromatic nitrogens is 2. The van der Waals surface area contributed by atoms with Gasteiger partial charge in [-0.1, -0.05) is 6.07 Å². The van der Waals surface area contributed by atoms with E-state index in [-0.39, 0.29) is 11.5 Å². The van der Waals surface area contributed by atoms with E-state index in [1.807, 2.05) is 0 Å². The second-order valence-electron chi connectivity index (χ2n) is 3.93. The molecule has 2 aromatic rings. The minimum absolute atomic E-state index is 0.0170. The van der Waals surface area contributed by atoms with E-state index in [2.05, 4.69) is 19.7 Å². The van der Waals surface area contributed by atoms with E-state index < -0.39 is 16.0 Å². The van der Waals surface area contributed by atoms with E-state index in [1.165, 1.54) is 25.6 Å². The van der Waals surface area contributed by atoms with Crippen molar-refractivity contribution in [3.8, 4) is 5.75 Å². The van der Waals surface area contributed by atoms with Crippen molar-refractivity contribution in [1.82, 2.24) is 10.2 Å². The molecule has 0 saturated carbocycles. The van der Waals surface area contributed by atoms with Gasteiger partial charge in [0.25, 0.3) is 10.0 Å². The van der Waals surface area contributed by atoms with Crippen LogP contribution in [0.5, 0.6) is 5.75 Å². The largest absolute Gasteiger partial charge is 0.482 e. The van der Waals surface area contributed by atoms with Gasteiger partial charge in [0.15, 0.2) is 6.61 Å². The van der Waals surface area contributed by atoms with E-state index in [0.717, 1.165) is 0 Å². The van der Waals surface area contributed by atoms with Crippen LogP contribution in [-0.4, -0.2) is 38.3 Å². The third kappa shape index (κ3) is 3.96. The predicted octanol–water partition coefficient (Wildman–Crippen LogP) is 0.762. The number of methoxy groups -OCH3 is 1. The van der Waals surface area contributed by atoms with Crippen molar-refractivity contribution < 1.29 is 22.7 Å². The van der Waals surface area contributed by atoms with Gasteiger partial charge in [-0.05, 0) is 12.1 Å². The molecule has 0 bridgehead atoms. The second kappa shape index (κ2) is 6.27. The number of nitrogens with zero attached hydrogens (tertiary/aromatic N) is 1. The fraction of sp³-hybridized carbons (Fsp3) is 0.167. The van der Waals surface area contributed by atoms with Crippen LogP contribution in [0.15, 0.2) is 41.6 Å². The normalized spacial score (nSPS) is 10.9. The van der Waals surface area contributed by atoms with E-state index in [0.29, 0.717) is 11.4 Å². The molecule has 0 atom stereocenters. The predicted molar refractivity (Wildman–Crippen MR) is 73.3 cm³/mol. The first-order chi connectivity index (χ1) is 10.0. The number of ether oxygens (including phenoxy) is 2. The zero-order valence-corrected chi connectivity index (χ0v) is 11.9. The van der Waals surface area contributed by atoms with Crippen molar-refractivity contribution in [1.29, 1.82) is 0 Å². The average Bonchev–Trinajstić information content (AvgIpc) is 2.99. The van der Waals surface area contributed by atoms with Gasteiger partial charge in [0.1, 0.15) is 10.6 Å². The molecule has 0 saturated heterocycles. The molecule has 0 aliphatic rings. The Balaban J connectivity index is 2.09. The summed E-state index contributed by atoms with van der Waals surface area (Å²) >= 11 is 0. The monoisotopic (exact) mass is 311 g/mol. The highest BCUT2D eigenvalue weighted by Crippen LogP contribution is 2.20. The van der Waals surface area contributed by atoms with Crippen molar-refractivity contribution in [2.45, 2.75) is 4.90 Å². The minimum Gasteiger partial charge on any atom is -0.482 e. The first-order valence-corrected chi connectivity index (χ1v) is 7.31. The lowest BCUT2D eigenvalue weighted by molar-refractivity contribution is -0.142. The zero-order valence-electron chi connectivity index (χ0n) is 11.1. The summed E-state index contributed by atoms with van der Waals surface area (Å²) in [6.45, 7) is -0.256. The second-order valence-corrected chi connectivity index (χ2v) is 5.61. The molecule has 0 unspecified atom stereocenters. The molecular formula is C12H13N3O5S. The summed E-state index contributed by atoms with van der Waals surface area (Å²) < 4.78 is 36.0. The van der Waals surface area contributed by atoms with Crippen LogP contribution in [0.1, 0.15) is 0 Å². The number of esters is 1. The molecule has 9 heteroatoms. The lowest BCUT2D eigenvalue weighted by Gasteiger charge is -2.09. The van der Waals surface area contributed by atoms with Crippen LogP contribution < -0.4 is 9.46 Å². The topological polar surface area (TPSA) is 110 Å². The van der Waals surface area contributed by atoms with Crippen molar-refractivity contribution in [2.75, 3.05) is 18.4 Å². The van der Waals surface area contributed by atoms with E-state index in [9.17, 15) is 13.2 Å². The number of H-pyrrole nitrogens is 1. The van der Waals surface area contributed by atoms with Gasteiger partial charge < -0.3 is 9.47 Å². The molecular weight excluding hydrogens is 298 g/mol. The summed E-state index contributed by atoms with van der Waals surface area (Å²) in [6.07, 6.45) is 2.46. The summed E-state index contributed by atoms with van der Waals surface area (Å²) in [6, 6.07) is 6.21. The van der Waals surface area contributed by atoms with Gasteiger partial charge in [-0.2, -0.15) is 5.10 Å². The molecule has 2 rings (SSSR count). The van der Waals surface area contributed by atoms with Crippen molar-refractivity contribution in [2.24, 2.45) is 0 Å². The third-order valence-corrected chi connectivity index (χ3v) is 3.80. The third-order valence-electron chi connectivity index (χ3n) is 2.45. The van der Waals surface area contributed by atoms with E-state index in [4.69, 9.17) is 4.74 Å². The summed E-state index contributed by atoms with van der Waals surface area (Å²) in [5, 5.41) is 6.01. The molecule has 0 aliphatic carbocycles. The maximum absolute atomic E-state index is 12.0. The molecule has 2 N–H and O–H groups in total. The lowest BCUT2D eigenvalue weighted by atomic mass is 10.3. The summed E-state index contributed by atoms with van der Waals surface area (Å²) in [5.74, 6) is -0.188. The summed E-state index contributed by atoms with van der Waals surface area (Å²) in [4.78, 5) is 11.0. The van der Waals surface area contributed by atoms with E-state index in [1.54, 1.807) is 18.2 Å². The summed E-state index contributed by atoms with van der Waals surface area (Å²) in [5.41, 5.74) is 0.304. The SMILES string of the molecule is COC(=O)COc1cccc(NS(=O)(=O)c2cn[nH]c2)c1. The van der Waals surface area contributed by atoms with Gasteiger partial charge in [0, 0.05) is 12.3 Å². The number of rotatable bonds is 6. The number of anilines is 1.